The van der Waals surface area contributed by atoms with Crippen LogP contribution in [0.1, 0.15) is 28.7 Å². The molecule has 10 heteroatoms. The van der Waals surface area contributed by atoms with Crippen molar-refractivity contribution >= 4 is 33.9 Å². The van der Waals surface area contributed by atoms with Gasteiger partial charge >= 0.3 is 0 Å². The van der Waals surface area contributed by atoms with Gasteiger partial charge in [-0.1, -0.05) is 0 Å². The summed E-state index contributed by atoms with van der Waals surface area (Å²) >= 11 is 0. The summed E-state index contributed by atoms with van der Waals surface area (Å²) in [5, 5.41) is 0. The molecular formula is C23H22FN7O2. The number of methoxy groups -OCH3 is 1. The summed E-state index contributed by atoms with van der Waals surface area (Å²) in [6, 6.07) is 6.39. The molecule has 5 rings (SSSR count). The van der Waals surface area contributed by atoms with E-state index in [9.17, 15) is 4.79 Å². The number of benzene rings is 1. The molecule has 0 spiro atoms. The summed E-state index contributed by atoms with van der Waals surface area (Å²) < 4.78 is 23.8. The number of rotatable bonds is 5. The van der Waals surface area contributed by atoms with Gasteiger partial charge in [-0.2, -0.15) is 0 Å². The molecule has 0 aliphatic heterocycles. The van der Waals surface area contributed by atoms with Crippen LogP contribution in [0.3, 0.4) is 0 Å². The van der Waals surface area contributed by atoms with Gasteiger partial charge in [0.15, 0.2) is 0 Å². The van der Waals surface area contributed by atoms with Gasteiger partial charge in [0.25, 0.3) is 5.91 Å². The summed E-state index contributed by atoms with van der Waals surface area (Å²) in [7, 11) is 1.59. The number of amides is 1. The minimum Gasteiger partial charge on any atom is -0.495 e. The van der Waals surface area contributed by atoms with E-state index in [2.05, 4.69) is 15.0 Å². The van der Waals surface area contributed by atoms with Gasteiger partial charge in [-0.3, -0.25) is 9.20 Å². The number of carbonyl (C=O) groups excluding carboxylic acids is 1. The SMILES string of the molecule is CCN(Cc1cn2cc(OC)ccc2n1)C(=O)c1cc2c(cc1F)nc(N)c1c(C)ncn12. The van der Waals surface area contributed by atoms with Crippen molar-refractivity contribution in [2.45, 2.75) is 20.4 Å². The lowest BCUT2D eigenvalue weighted by molar-refractivity contribution is 0.0746. The van der Waals surface area contributed by atoms with Crippen LogP contribution >= 0.6 is 0 Å². The number of fused-ring (bicyclic) bond motifs is 4. The topological polar surface area (TPSA) is 103 Å². The number of pyridine rings is 1. The Labute approximate surface area is 188 Å². The quantitative estimate of drug-likeness (QED) is 0.444. The van der Waals surface area contributed by atoms with Crippen molar-refractivity contribution in [1.29, 1.82) is 0 Å². The van der Waals surface area contributed by atoms with E-state index in [0.717, 1.165) is 5.65 Å². The molecule has 0 atom stereocenters. The molecule has 0 radical (unpaired) electrons. The van der Waals surface area contributed by atoms with Crippen molar-refractivity contribution in [2.75, 3.05) is 19.4 Å². The van der Waals surface area contributed by atoms with E-state index in [4.69, 9.17) is 10.5 Å². The zero-order valence-corrected chi connectivity index (χ0v) is 18.4. The third-order valence-electron chi connectivity index (χ3n) is 5.72. The van der Waals surface area contributed by atoms with Crippen molar-refractivity contribution in [3.8, 4) is 5.75 Å². The zero-order valence-electron chi connectivity index (χ0n) is 18.4. The van der Waals surface area contributed by atoms with Crippen LogP contribution in [0.15, 0.2) is 43.0 Å². The fraction of sp³-hybridized carbons (Fsp3) is 0.217. The average Bonchev–Trinajstić information content (AvgIpc) is 3.39. The number of aromatic nitrogens is 5. The first kappa shape index (κ1) is 20.7. The molecule has 2 N–H and O–H groups in total. The summed E-state index contributed by atoms with van der Waals surface area (Å²) in [5.41, 5.74) is 9.65. The van der Waals surface area contributed by atoms with Crippen LogP contribution in [0, 0.1) is 12.7 Å². The molecule has 0 aliphatic carbocycles. The van der Waals surface area contributed by atoms with Crippen LogP contribution in [-0.4, -0.2) is 48.2 Å². The fourth-order valence-corrected chi connectivity index (χ4v) is 4.02. The highest BCUT2D eigenvalue weighted by atomic mass is 19.1. The standard InChI is InChI=1S/C23H22FN7O2/c1-4-29(9-14-10-30-11-15(33-3)5-6-20(30)27-14)23(32)16-7-19-18(8-17(16)24)28-22(25)21-13(2)26-12-31(19)21/h5-8,10-12H,4,9H2,1-3H3,(H2,25,28). The molecule has 0 saturated heterocycles. The van der Waals surface area contributed by atoms with Crippen LogP contribution < -0.4 is 10.5 Å². The number of hydrogen-bond acceptors (Lipinski definition) is 6. The number of carbonyl (C=O) groups is 1. The smallest absolute Gasteiger partial charge is 0.257 e. The molecule has 0 saturated carbocycles. The van der Waals surface area contributed by atoms with Crippen LogP contribution in [0.2, 0.25) is 0 Å². The summed E-state index contributed by atoms with van der Waals surface area (Å²) in [4.78, 5) is 28.0. The van der Waals surface area contributed by atoms with Gasteiger partial charge in [-0.25, -0.2) is 19.3 Å². The Morgan fingerprint density at radius 3 is 2.82 bits per heavy atom. The van der Waals surface area contributed by atoms with Gasteiger partial charge in [0.05, 0.1) is 47.8 Å². The number of anilines is 1. The van der Waals surface area contributed by atoms with Gasteiger partial charge in [-0.15, -0.1) is 0 Å². The molecule has 1 amide bonds. The molecule has 4 aromatic heterocycles. The molecule has 33 heavy (non-hydrogen) atoms. The fourth-order valence-electron chi connectivity index (χ4n) is 4.02. The van der Waals surface area contributed by atoms with Crippen molar-refractivity contribution in [3.63, 3.8) is 0 Å². The molecule has 1 aromatic carbocycles. The third-order valence-corrected chi connectivity index (χ3v) is 5.72. The lowest BCUT2D eigenvalue weighted by Crippen LogP contribution is -2.31. The maximum absolute atomic E-state index is 15.0. The number of hydrogen-bond donors (Lipinski definition) is 1. The van der Waals surface area contributed by atoms with E-state index in [1.807, 2.05) is 42.8 Å². The molecule has 4 heterocycles. The predicted octanol–water partition coefficient (Wildman–Crippen LogP) is 3.23. The average molecular weight is 447 g/mol. The summed E-state index contributed by atoms with van der Waals surface area (Å²) in [6.45, 7) is 4.27. The Morgan fingerprint density at radius 1 is 1.24 bits per heavy atom. The van der Waals surface area contributed by atoms with Gasteiger partial charge < -0.3 is 19.8 Å². The number of aryl methyl sites for hydroxylation is 1. The highest BCUT2D eigenvalue weighted by molar-refractivity contribution is 5.98. The largest absolute Gasteiger partial charge is 0.495 e. The van der Waals surface area contributed by atoms with Gasteiger partial charge in [0, 0.05) is 18.8 Å². The number of halogens is 1. The zero-order chi connectivity index (χ0) is 23.3. The Bertz CT molecular complexity index is 1540. The number of nitrogens with zero attached hydrogens (tertiary/aromatic N) is 6. The number of nitrogens with two attached hydrogens (primary N) is 1. The van der Waals surface area contributed by atoms with E-state index < -0.39 is 11.7 Å². The normalized spacial score (nSPS) is 11.5. The van der Waals surface area contributed by atoms with Crippen molar-refractivity contribution in [2.24, 2.45) is 0 Å². The molecule has 9 nitrogen and oxygen atoms in total. The van der Waals surface area contributed by atoms with Crippen molar-refractivity contribution < 1.29 is 13.9 Å². The maximum Gasteiger partial charge on any atom is 0.257 e. The van der Waals surface area contributed by atoms with Crippen molar-refractivity contribution in [3.05, 3.63) is 65.8 Å². The molecule has 0 aliphatic rings. The number of imidazole rings is 2. The van der Waals surface area contributed by atoms with Crippen molar-refractivity contribution in [1.82, 2.24) is 28.7 Å². The van der Waals surface area contributed by atoms with E-state index in [1.165, 1.54) is 12.1 Å². The van der Waals surface area contributed by atoms with Gasteiger partial charge in [0.2, 0.25) is 0 Å². The lowest BCUT2D eigenvalue weighted by Gasteiger charge is -2.20. The number of nitrogen functional groups attached to an aromatic ring is 1. The van der Waals surface area contributed by atoms with E-state index in [-0.39, 0.29) is 17.9 Å². The molecule has 5 aromatic rings. The molecule has 0 unspecified atom stereocenters. The molecule has 0 fully saturated rings. The minimum atomic E-state index is -0.659. The Kier molecular flexibility index (Phi) is 4.85. The second kappa shape index (κ2) is 7.73. The third kappa shape index (κ3) is 3.39. The summed E-state index contributed by atoms with van der Waals surface area (Å²) in [5.74, 6) is -0.139. The minimum absolute atomic E-state index is 0.0472. The van der Waals surface area contributed by atoms with Crippen LogP contribution in [0.4, 0.5) is 10.2 Å². The Hall–Kier alpha value is -4.21. The lowest BCUT2D eigenvalue weighted by atomic mass is 10.1. The molecular weight excluding hydrogens is 425 g/mol. The highest BCUT2D eigenvalue weighted by Crippen LogP contribution is 2.25. The van der Waals surface area contributed by atoms with Crippen LogP contribution in [0.5, 0.6) is 5.75 Å². The predicted molar refractivity (Wildman–Crippen MR) is 122 cm³/mol. The Morgan fingerprint density at radius 2 is 2.06 bits per heavy atom. The van der Waals surface area contributed by atoms with Crippen LogP contribution in [-0.2, 0) is 6.54 Å². The molecule has 0 bridgehead atoms. The summed E-state index contributed by atoms with van der Waals surface area (Å²) in [6.07, 6.45) is 5.23. The second-order valence-corrected chi connectivity index (χ2v) is 7.75. The first-order chi connectivity index (χ1) is 15.9. The van der Waals surface area contributed by atoms with Gasteiger partial charge in [0.1, 0.15) is 34.9 Å². The van der Waals surface area contributed by atoms with Gasteiger partial charge in [-0.05, 0) is 32.0 Å². The second-order valence-electron chi connectivity index (χ2n) is 7.75. The molecule has 168 valence electrons. The number of ether oxygens (including phenoxy) is 1. The Balaban J connectivity index is 1.53. The monoisotopic (exact) mass is 447 g/mol. The first-order valence-electron chi connectivity index (χ1n) is 10.4. The van der Waals surface area contributed by atoms with E-state index >= 15 is 4.39 Å². The maximum atomic E-state index is 15.0. The first-order valence-corrected chi connectivity index (χ1v) is 10.4. The van der Waals surface area contributed by atoms with E-state index in [1.54, 1.807) is 22.7 Å². The highest BCUT2D eigenvalue weighted by Gasteiger charge is 2.22. The van der Waals surface area contributed by atoms with E-state index in [0.29, 0.717) is 40.2 Å². The van der Waals surface area contributed by atoms with Crippen LogP contribution in [0.25, 0.3) is 22.2 Å².